The molecule has 2 aliphatic rings. The monoisotopic (exact) mass is 488 g/mol. The third-order valence-electron chi connectivity index (χ3n) is 5.95. The van der Waals surface area contributed by atoms with E-state index in [1.54, 1.807) is 40.0 Å². The summed E-state index contributed by atoms with van der Waals surface area (Å²) in [5.41, 5.74) is 0.353. The molecule has 1 aromatic carbocycles. The molecule has 0 spiro atoms. The second-order valence-electron chi connectivity index (χ2n) is 8.28. The number of nitrogens with one attached hydrogen (secondary N) is 1. The van der Waals surface area contributed by atoms with Crippen LogP contribution in [0.3, 0.4) is 0 Å². The van der Waals surface area contributed by atoms with Gasteiger partial charge in [0.2, 0.25) is 5.95 Å². The van der Waals surface area contributed by atoms with Gasteiger partial charge < -0.3 is 19.7 Å². The van der Waals surface area contributed by atoms with E-state index in [-0.39, 0.29) is 35.8 Å². The number of benzene rings is 1. The number of rotatable bonds is 5. The van der Waals surface area contributed by atoms with Crippen LogP contribution in [0.2, 0.25) is 0 Å². The molecule has 0 unspecified atom stereocenters. The summed E-state index contributed by atoms with van der Waals surface area (Å²) in [7, 11) is 0. The van der Waals surface area contributed by atoms with E-state index in [1.165, 1.54) is 6.20 Å². The van der Waals surface area contributed by atoms with Crippen LogP contribution in [0, 0.1) is 0 Å². The van der Waals surface area contributed by atoms with Crippen LogP contribution in [0.25, 0.3) is 11.3 Å². The number of carbonyl (C=O) groups excluding carboxylic acids is 1. The van der Waals surface area contributed by atoms with Crippen molar-refractivity contribution >= 4 is 23.2 Å². The van der Waals surface area contributed by atoms with Crippen molar-refractivity contribution in [1.82, 2.24) is 19.7 Å². The minimum absolute atomic E-state index is 0.0158. The lowest BCUT2D eigenvalue weighted by Crippen LogP contribution is -2.41. The third-order valence-corrected chi connectivity index (χ3v) is 5.95. The number of alkyl halides is 3. The molecule has 2 saturated heterocycles. The molecule has 4 heterocycles. The number of hydrogen-bond donors (Lipinski definition) is 1. The number of nitrogens with zero attached hydrogens (tertiary/aromatic N) is 5. The Morgan fingerprint density at radius 1 is 1.03 bits per heavy atom. The van der Waals surface area contributed by atoms with Crippen LogP contribution in [-0.2, 0) is 20.4 Å². The second kappa shape index (κ2) is 9.62. The topological polar surface area (TPSA) is 94.4 Å². The van der Waals surface area contributed by atoms with Crippen molar-refractivity contribution in [3.05, 3.63) is 48.4 Å². The van der Waals surface area contributed by atoms with Gasteiger partial charge in [-0.15, -0.1) is 0 Å². The molecule has 0 bridgehead atoms. The molecule has 0 atom stereocenters. The first-order chi connectivity index (χ1) is 16.9. The van der Waals surface area contributed by atoms with Gasteiger partial charge in [0.25, 0.3) is 5.91 Å². The largest absolute Gasteiger partial charge is 0.419 e. The molecule has 0 saturated carbocycles. The molecular weight excluding hydrogens is 465 g/mol. The molecule has 2 aromatic heterocycles. The minimum Gasteiger partial charge on any atom is -0.381 e. The molecule has 0 aliphatic carbocycles. The van der Waals surface area contributed by atoms with E-state index >= 15 is 0 Å². The molecule has 2 aliphatic heterocycles. The van der Waals surface area contributed by atoms with E-state index < -0.39 is 11.7 Å². The molecule has 2 fully saturated rings. The number of morpholine rings is 1. The predicted molar refractivity (Wildman–Crippen MR) is 120 cm³/mol. The van der Waals surface area contributed by atoms with Crippen LogP contribution in [0.15, 0.2) is 42.9 Å². The van der Waals surface area contributed by atoms with Gasteiger partial charge in [0.1, 0.15) is 12.2 Å². The zero-order chi connectivity index (χ0) is 24.4. The van der Waals surface area contributed by atoms with Crippen LogP contribution in [0.5, 0.6) is 0 Å². The summed E-state index contributed by atoms with van der Waals surface area (Å²) in [5, 5.41) is 7.23. The third kappa shape index (κ3) is 5.13. The van der Waals surface area contributed by atoms with E-state index in [0.717, 1.165) is 19.0 Å². The summed E-state index contributed by atoms with van der Waals surface area (Å²) in [6.07, 6.45) is 0.625. The summed E-state index contributed by atoms with van der Waals surface area (Å²) < 4.78 is 53.3. The van der Waals surface area contributed by atoms with Gasteiger partial charge in [-0.3, -0.25) is 9.48 Å². The van der Waals surface area contributed by atoms with E-state index in [9.17, 15) is 18.0 Å². The van der Waals surface area contributed by atoms with Crippen molar-refractivity contribution in [2.45, 2.75) is 25.1 Å². The van der Waals surface area contributed by atoms with Gasteiger partial charge >= 0.3 is 6.18 Å². The molecule has 0 radical (unpaired) electrons. The van der Waals surface area contributed by atoms with Gasteiger partial charge in [0.15, 0.2) is 0 Å². The zero-order valence-electron chi connectivity index (χ0n) is 18.7. The standard InChI is InChI=1S/C23H23F3N6O3/c24-23(25,26)19-12-27-22(29-16-1-3-17(4-2-16)31-7-10-35-14-20(31)33)30-21(19)15-11-28-32(13-15)18-5-8-34-9-6-18/h1-4,11-13,18H,5-10,14H2,(H,27,29,30). The maximum absolute atomic E-state index is 13.7. The summed E-state index contributed by atoms with van der Waals surface area (Å²) in [4.78, 5) is 21.7. The highest BCUT2D eigenvalue weighted by molar-refractivity contribution is 5.95. The van der Waals surface area contributed by atoms with E-state index in [4.69, 9.17) is 9.47 Å². The Balaban J connectivity index is 1.39. The molecule has 1 N–H and O–H groups in total. The van der Waals surface area contributed by atoms with Gasteiger partial charge in [-0.25, -0.2) is 9.97 Å². The maximum atomic E-state index is 13.7. The van der Waals surface area contributed by atoms with Crippen molar-refractivity contribution < 1.29 is 27.4 Å². The fraction of sp³-hybridized carbons (Fsp3) is 0.391. The molecule has 12 heteroatoms. The molecule has 184 valence electrons. The van der Waals surface area contributed by atoms with Crippen LogP contribution in [0.1, 0.15) is 24.4 Å². The molecule has 5 rings (SSSR count). The average Bonchev–Trinajstić information content (AvgIpc) is 3.35. The molecule has 35 heavy (non-hydrogen) atoms. The lowest BCUT2D eigenvalue weighted by atomic mass is 10.1. The van der Waals surface area contributed by atoms with Crippen molar-refractivity contribution in [2.75, 3.05) is 43.2 Å². The maximum Gasteiger partial charge on any atom is 0.419 e. The molecule has 9 nitrogen and oxygen atoms in total. The second-order valence-corrected chi connectivity index (χ2v) is 8.28. The lowest BCUT2D eigenvalue weighted by molar-refractivity contribution is -0.137. The Morgan fingerprint density at radius 2 is 1.80 bits per heavy atom. The summed E-state index contributed by atoms with van der Waals surface area (Å²) in [6, 6.07) is 6.98. The molecule has 1 amide bonds. The predicted octanol–water partition coefficient (Wildman–Crippen LogP) is 3.82. The van der Waals surface area contributed by atoms with Gasteiger partial charge in [-0.2, -0.15) is 18.3 Å². The first-order valence-electron chi connectivity index (χ1n) is 11.2. The number of carbonyl (C=O) groups is 1. The van der Waals surface area contributed by atoms with Gasteiger partial charge in [-0.1, -0.05) is 0 Å². The Kier molecular flexibility index (Phi) is 6.39. The normalized spacial score (nSPS) is 17.6. The molecular formula is C23H23F3N6O3. The lowest BCUT2D eigenvalue weighted by Gasteiger charge is -2.26. The summed E-state index contributed by atoms with van der Waals surface area (Å²) in [6.45, 7) is 2.13. The molecule has 3 aromatic rings. The van der Waals surface area contributed by atoms with Gasteiger partial charge in [0.05, 0.1) is 24.5 Å². The van der Waals surface area contributed by atoms with Crippen molar-refractivity contribution in [2.24, 2.45) is 0 Å². The first-order valence-corrected chi connectivity index (χ1v) is 11.2. The number of hydrogen-bond acceptors (Lipinski definition) is 7. The number of amides is 1. The van der Waals surface area contributed by atoms with E-state index in [2.05, 4.69) is 20.4 Å². The highest BCUT2D eigenvalue weighted by atomic mass is 19.4. The average molecular weight is 488 g/mol. The summed E-state index contributed by atoms with van der Waals surface area (Å²) >= 11 is 0. The van der Waals surface area contributed by atoms with Gasteiger partial charge in [0, 0.05) is 49.1 Å². The number of halogens is 3. The van der Waals surface area contributed by atoms with Crippen LogP contribution in [0.4, 0.5) is 30.5 Å². The Labute approximate surface area is 198 Å². The fourth-order valence-electron chi connectivity index (χ4n) is 4.12. The summed E-state index contributed by atoms with van der Waals surface area (Å²) in [5.74, 6) is -0.115. The van der Waals surface area contributed by atoms with Crippen molar-refractivity contribution in [3.8, 4) is 11.3 Å². The van der Waals surface area contributed by atoms with Crippen LogP contribution in [-0.4, -0.2) is 58.6 Å². The van der Waals surface area contributed by atoms with Crippen molar-refractivity contribution in [1.29, 1.82) is 0 Å². The smallest absolute Gasteiger partial charge is 0.381 e. The Hall–Kier alpha value is -3.51. The van der Waals surface area contributed by atoms with Crippen molar-refractivity contribution in [3.63, 3.8) is 0 Å². The zero-order valence-corrected chi connectivity index (χ0v) is 18.7. The van der Waals surface area contributed by atoms with Crippen LogP contribution < -0.4 is 10.2 Å². The minimum atomic E-state index is -4.62. The van der Waals surface area contributed by atoms with Gasteiger partial charge in [-0.05, 0) is 37.1 Å². The van der Waals surface area contributed by atoms with E-state index in [0.29, 0.717) is 37.7 Å². The quantitative estimate of drug-likeness (QED) is 0.584. The first kappa shape index (κ1) is 23.2. The number of anilines is 3. The Morgan fingerprint density at radius 3 is 2.51 bits per heavy atom. The van der Waals surface area contributed by atoms with E-state index in [1.807, 2.05) is 0 Å². The fourth-order valence-corrected chi connectivity index (χ4v) is 4.12. The highest BCUT2D eigenvalue weighted by Crippen LogP contribution is 2.37. The Bertz CT molecular complexity index is 1190. The number of aromatic nitrogens is 4. The SMILES string of the molecule is O=C1COCCN1c1ccc(Nc2ncc(C(F)(F)F)c(-c3cnn(C4CCOCC4)c3)n2)cc1. The van der Waals surface area contributed by atoms with Crippen LogP contribution >= 0.6 is 0 Å². The number of ether oxygens (including phenoxy) is 2. The highest BCUT2D eigenvalue weighted by Gasteiger charge is 2.36.